The number of amides is 2. The van der Waals surface area contributed by atoms with Crippen LogP contribution in [0, 0.1) is 12.3 Å². The first kappa shape index (κ1) is 18.3. The summed E-state index contributed by atoms with van der Waals surface area (Å²) < 4.78 is 0. The zero-order valence-corrected chi connectivity index (χ0v) is 15.3. The van der Waals surface area contributed by atoms with E-state index in [0.717, 1.165) is 12.8 Å². The van der Waals surface area contributed by atoms with Crippen LogP contribution in [-0.4, -0.2) is 46.8 Å². The average Bonchev–Trinajstić information content (AvgIpc) is 2.88. The molecule has 1 aromatic carbocycles. The molecule has 2 aliphatic rings. The summed E-state index contributed by atoms with van der Waals surface area (Å²) in [5.74, 6) is -0.409. The van der Waals surface area contributed by atoms with Gasteiger partial charge in [-0.25, -0.2) is 0 Å². The van der Waals surface area contributed by atoms with Crippen LogP contribution in [-0.2, 0) is 14.4 Å². The second kappa shape index (κ2) is 7.02. The van der Waals surface area contributed by atoms with Crippen LogP contribution >= 0.6 is 0 Å². The topological polar surface area (TPSA) is 90.3 Å². The molecule has 0 bridgehead atoms. The van der Waals surface area contributed by atoms with Gasteiger partial charge in [-0.3, -0.25) is 14.4 Å². The molecule has 0 aliphatic carbocycles. The van der Waals surface area contributed by atoms with E-state index in [4.69, 9.17) is 5.41 Å². The first-order valence-corrected chi connectivity index (χ1v) is 9.07. The maximum Gasteiger partial charge on any atom is 0.228 e. The van der Waals surface area contributed by atoms with Gasteiger partial charge in [-0.1, -0.05) is 24.3 Å². The van der Waals surface area contributed by atoms with Crippen LogP contribution < -0.4 is 5.32 Å². The van der Waals surface area contributed by atoms with Gasteiger partial charge in [0.25, 0.3) is 0 Å². The zero-order chi connectivity index (χ0) is 18.9. The molecular weight excluding hydrogens is 330 g/mol. The Hall–Kier alpha value is -2.50. The van der Waals surface area contributed by atoms with E-state index in [9.17, 15) is 14.4 Å². The number of nitrogens with one attached hydrogen (secondary N) is 2. The highest BCUT2D eigenvalue weighted by Crippen LogP contribution is 2.30. The van der Waals surface area contributed by atoms with E-state index >= 15 is 0 Å². The van der Waals surface area contributed by atoms with E-state index in [1.807, 2.05) is 6.07 Å². The molecule has 0 saturated carbocycles. The van der Waals surface area contributed by atoms with Gasteiger partial charge in [0.2, 0.25) is 11.8 Å². The molecule has 2 N–H and O–H groups in total. The number of hydrogen-bond donors (Lipinski definition) is 2. The van der Waals surface area contributed by atoms with Gasteiger partial charge in [-0.15, -0.1) is 0 Å². The Labute approximate surface area is 153 Å². The van der Waals surface area contributed by atoms with Crippen LogP contribution in [0.2, 0.25) is 0 Å². The molecule has 0 aromatic heterocycles. The van der Waals surface area contributed by atoms with Crippen LogP contribution in [0.15, 0.2) is 24.3 Å². The SMILES string of the molecule is Cc1ccccc1C1CCN(C(=O)CC(=N)C2(C)NC(=O)CC2=O)CC1. The molecule has 2 heterocycles. The number of carbonyl (C=O) groups is 3. The predicted octanol–water partition coefficient (Wildman–Crippen LogP) is 1.96. The van der Waals surface area contributed by atoms with Gasteiger partial charge >= 0.3 is 0 Å². The second-order valence-corrected chi connectivity index (χ2v) is 7.44. The molecular formula is C20H25N3O3. The zero-order valence-electron chi connectivity index (χ0n) is 15.3. The third kappa shape index (κ3) is 3.41. The molecule has 2 aliphatic heterocycles. The van der Waals surface area contributed by atoms with Gasteiger partial charge < -0.3 is 15.6 Å². The highest BCUT2D eigenvalue weighted by molar-refractivity contribution is 6.25. The lowest BCUT2D eigenvalue weighted by Crippen LogP contribution is -2.52. The summed E-state index contributed by atoms with van der Waals surface area (Å²) in [5, 5.41) is 10.7. The van der Waals surface area contributed by atoms with Crippen molar-refractivity contribution in [2.75, 3.05) is 13.1 Å². The van der Waals surface area contributed by atoms with Crippen LogP contribution in [0.4, 0.5) is 0 Å². The summed E-state index contributed by atoms with van der Waals surface area (Å²) in [7, 11) is 0. The quantitative estimate of drug-likeness (QED) is 0.639. The Morgan fingerprint density at radius 1 is 1.27 bits per heavy atom. The summed E-state index contributed by atoms with van der Waals surface area (Å²) >= 11 is 0. The average molecular weight is 355 g/mol. The number of piperidine rings is 1. The number of carbonyl (C=O) groups excluding carboxylic acids is 3. The van der Waals surface area contributed by atoms with Crippen LogP contribution in [0.3, 0.4) is 0 Å². The number of aryl methyl sites for hydroxylation is 1. The maximum atomic E-state index is 12.6. The Morgan fingerprint density at radius 3 is 2.50 bits per heavy atom. The summed E-state index contributed by atoms with van der Waals surface area (Å²) in [6, 6.07) is 8.35. The van der Waals surface area contributed by atoms with Gasteiger partial charge in [0, 0.05) is 13.1 Å². The van der Waals surface area contributed by atoms with Crippen molar-refractivity contribution in [3.63, 3.8) is 0 Å². The number of likely N-dealkylation sites (tertiary alicyclic amines) is 1. The van der Waals surface area contributed by atoms with Gasteiger partial charge in [-0.05, 0) is 43.7 Å². The van der Waals surface area contributed by atoms with Crippen molar-refractivity contribution in [1.29, 1.82) is 5.41 Å². The number of hydrogen-bond acceptors (Lipinski definition) is 4. The lowest BCUT2D eigenvalue weighted by molar-refractivity contribution is -0.131. The molecule has 6 heteroatoms. The fraction of sp³-hybridized carbons (Fsp3) is 0.500. The Bertz CT molecular complexity index is 765. The highest BCUT2D eigenvalue weighted by Gasteiger charge is 2.45. The molecule has 26 heavy (non-hydrogen) atoms. The minimum Gasteiger partial charge on any atom is -0.342 e. The number of nitrogens with zero attached hydrogens (tertiary/aromatic N) is 1. The van der Waals surface area contributed by atoms with Crippen LogP contribution in [0.1, 0.15) is 49.7 Å². The largest absolute Gasteiger partial charge is 0.342 e. The van der Waals surface area contributed by atoms with Crippen LogP contribution in [0.5, 0.6) is 0 Å². The maximum absolute atomic E-state index is 12.6. The summed E-state index contributed by atoms with van der Waals surface area (Å²) in [4.78, 5) is 37.8. The van der Waals surface area contributed by atoms with Gasteiger partial charge in [-0.2, -0.15) is 0 Å². The van der Waals surface area contributed by atoms with Crippen molar-refractivity contribution in [1.82, 2.24) is 10.2 Å². The third-order valence-corrected chi connectivity index (χ3v) is 5.68. The molecule has 1 unspecified atom stereocenters. The van der Waals surface area contributed by atoms with E-state index in [2.05, 4.69) is 30.4 Å². The number of benzene rings is 1. The van der Waals surface area contributed by atoms with Crippen LogP contribution in [0.25, 0.3) is 0 Å². The molecule has 2 amide bonds. The van der Waals surface area contributed by atoms with Crippen molar-refractivity contribution in [2.45, 2.75) is 51.0 Å². The minimum atomic E-state index is -1.33. The molecule has 2 saturated heterocycles. The van der Waals surface area contributed by atoms with Crippen molar-refractivity contribution in [3.05, 3.63) is 35.4 Å². The van der Waals surface area contributed by atoms with Crippen molar-refractivity contribution >= 4 is 23.3 Å². The summed E-state index contributed by atoms with van der Waals surface area (Å²) in [5.41, 5.74) is 1.27. The van der Waals surface area contributed by atoms with Gasteiger partial charge in [0.05, 0.1) is 18.6 Å². The highest BCUT2D eigenvalue weighted by atomic mass is 16.2. The lowest BCUT2D eigenvalue weighted by atomic mass is 9.86. The molecule has 6 nitrogen and oxygen atoms in total. The van der Waals surface area contributed by atoms with E-state index in [1.54, 1.807) is 4.90 Å². The molecule has 3 rings (SSSR count). The van der Waals surface area contributed by atoms with Gasteiger partial charge in [0.1, 0.15) is 5.54 Å². The Kier molecular flexibility index (Phi) is 4.94. The number of Topliss-reactive ketones (excluding diaryl/α,β-unsaturated/α-hetero) is 1. The number of rotatable bonds is 4. The molecule has 0 radical (unpaired) electrons. The third-order valence-electron chi connectivity index (χ3n) is 5.68. The second-order valence-electron chi connectivity index (χ2n) is 7.44. The molecule has 1 aromatic rings. The molecule has 138 valence electrons. The minimum absolute atomic E-state index is 0.0284. The van der Waals surface area contributed by atoms with E-state index in [0.29, 0.717) is 19.0 Å². The first-order chi connectivity index (χ1) is 12.3. The monoisotopic (exact) mass is 355 g/mol. The van der Waals surface area contributed by atoms with Crippen molar-refractivity contribution < 1.29 is 14.4 Å². The van der Waals surface area contributed by atoms with E-state index in [-0.39, 0.29) is 36.2 Å². The first-order valence-electron chi connectivity index (χ1n) is 9.07. The molecule has 1 atom stereocenters. The smallest absolute Gasteiger partial charge is 0.228 e. The fourth-order valence-electron chi connectivity index (χ4n) is 3.88. The molecule has 0 spiro atoms. The molecule has 2 fully saturated rings. The van der Waals surface area contributed by atoms with Gasteiger partial charge in [0.15, 0.2) is 5.78 Å². The van der Waals surface area contributed by atoms with Crippen molar-refractivity contribution in [2.24, 2.45) is 0 Å². The lowest BCUT2D eigenvalue weighted by Gasteiger charge is -2.33. The fourth-order valence-corrected chi connectivity index (χ4v) is 3.88. The van der Waals surface area contributed by atoms with Crippen molar-refractivity contribution in [3.8, 4) is 0 Å². The standard InChI is InChI=1S/C20H25N3O3/c1-13-5-3-4-6-15(13)14-7-9-23(10-8-14)19(26)11-16(21)20(2)17(24)12-18(25)22-20/h3-6,14,21H,7-12H2,1-2H3,(H,22,25). The number of ketones is 1. The predicted molar refractivity (Wildman–Crippen MR) is 98.2 cm³/mol. The van der Waals surface area contributed by atoms with E-state index < -0.39 is 5.54 Å². The Balaban J connectivity index is 1.57. The Morgan fingerprint density at radius 2 is 1.92 bits per heavy atom. The van der Waals surface area contributed by atoms with E-state index in [1.165, 1.54) is 18.1 Å². The summed E-state index contributed by atoms with van der Waals surface area (Å²) in [6.07, 6.45) is 1.46. The normalized spacial score (nSPS) is 23.8. The summed E-state index contributed by atoms with van der Waals surface area (Å²) in [6.45, 7) is 4.94.